The number of carbonyl (C=O) groups is 1. The first-order valence-electron chi connectivity index (χ1n) is 6.31. The fraction of sp³-hybridized carbons (Fsp3) is 0.235. The zero-order chi connectivity index (χ0) is 14.0. The molecule has 100 valence electrons. The van der Waals surface area contributed by atoms with Crippen molar-refractivity contribution in [3.63, 3.8) is 0 Å². The predicted octanol–water partition coefficient (Wildman–Crippen LogP) is 4.66. The second-order valence-electron chi connectivity index (χ2n) is 4.86. The number of hydrogen-bond donors (Lipinski definition) is 0. The van der Waals surface area contributed by atoms with Gasteiger partial charge < -0.3 is 0 Å². The molecular weight excluding hydrogens is 347 g/mol. The molecule has 1 nitrogen and oxygen atoms in total. The molecule has 0 unspecified atom stereocenters. The molecule has 2 rings (SSSR count). The summed E-state index contributed by atoms with van der Waals surface area (Å²) < 4.78 is 3.65. The van der Waals surface area contributed by atoms with Gasteiger partial charge in [-0.15, -0.1) is 0 Å². The van der Waals surface area contributed by atoms with Crippen molar-refractivity contribution >= 4 is 24.1 Å². The van der Waals surface area contributed by atoms with Crippen LogP contribution >= 0.6 is 19.8 Å². The van der Waals surface area contributed by atoms with E-state index in [1.54, 1.807) is 0 Å². The summed E-state index contributed by atoms with van der Waals surface area (Å²) in [6.07, 6.45) is 0. The Hall–Kier alpha value is -1.16. The second kappa shape index (κ2) is 5.87. The van der Waals surface area contributed by atoms with Crippen LogP contribution in [0.25, 0.3) is 0 Å². The molecule has 0 saturated carbocycles. The minimum absolute atomic E-state index is 1.19. The third-order valence-corrected chi connectivity index (χ3v) is 8.03. The molecule has 0 aromatic heterocycles. The maximum absolute atomic E-state index is 11.6. The molecule has 0 atom stereocenters. The molecular formula is C17H19IO. The Labute approximate surface area is 122 Å². The van der Waals surface area contributed by atoms with Crippen molar-refractivity contribution in [2.45, 2.75) is 27.7 Å². The number of hydrogen-bond acceptors (Lipinski definition) is 1. The summed E-state index contributed by atoms with van der Waals surface area (Å²) in [5.41, 5.74) is 5.10. The zero-order valence-electron chi connectivity index (χ0n) is 11.8. The SMILES string of the molecule is Cc1ccc(I(C=O)c2ccc(C)c(C)c2)cc1C. The van der Waals surface area contributed by atoms with Gasteiger partial charge in [-0.1, -0.05) is 0 Å². The molecule has 0 N–H and O–H groups in total. The van der Waals surface area contributed by atoms with E-state index in [-0.39, 0.29) is 0 Å². The number of carbonyl (C=O) groups excluding carboxylic acids is 1. The van der Waals surface area contributed by atoms with Gasteiger partial charge in [-0.3, -0.25) is 0 Å². The summed E-state index contributed by atoms with van der Waals surface area (Å²) >= 11 is -1.90. The first-order chi connectivity index (χ1) is 9.02. The topological polar surface area (TPSA) is 17.1 Å². The van der Waals surface area contributed by atoms with Crippen molar-refractivity contribution in [1.29, 1.82) is 0 Å². The van der Waals surface area contributed by atoms with Gasteiger partial charge >= 0.3 is 122 Å². The van der Waals surface area contributed by atoms with Gasteiger partial charge in [0.05, 0.1) is 0 Å². The van der Waals surface area contributed by atoms with Gasteiger partial charge in [0, 0.05) is 0 Å². The van der Waals surface area contributed by atoms with Crippen LogP contribution in [0.4, 0.5) is 0 Å². The Morgan fingerprint density at radius 2 is 1.16 bits per heavy atom. The Morgan fingerprint density at radius 3 is 1.47 bits per heavy atom. The summed E-state index contributed by atoms with van der Waals surface area (Å²) in [4.78, 5) is 11.6. The normalized spacial score (nSPS) is 11.3. The molecule has 0 saturated heterocycles. The third kappa shape index (κ3) is 3.06. The van der Waals surface area contributed by atoms with Gasteiger partial charge in [0.25, 0.3) is 0 Å². The van der Waals surface area contributed by atoms with Crippen LogP contribution in [0.3, 0.4) is 0 Å². The summed E-state index contributed by atoms with van der Waals surface area (Å²) in [5.74, 6) is 0. The van der Waals surface area contributed by atoms with E-state index in [0.29, 0.717) is 0 Å². The number of benzene rings is 2. The molecule has 2 aromatic carbocycles. The van der Waals surface area contributed by atoms with Crippen LogP contribution in [0, 0.1) is 34.8 Å². The summed E-state index contributed by atoms with van der Waals surface area (Å²) in [7, 11) is 0. The molecule has 0 fully saturated rings. The Kier molecular flexibility index (Phi) is 4.40. The molecule has 0 aliphatic carbocycles. The molecule has 0 spiro atoms. The molecule has 19 heavy (non-hydrogen) atoms. The van der Waals surface area contributed by atoms with Gasteiger partial charge in [-0.05, 0) is 0 Å². The summed E-state index contributed by atoms with van der Waals surface area (Å²) in [6, 6.07) is 12.9. The van der Waals surface area contributed by atoms with Crippen LogP contribution in [0.2, 0.25) is 0 Å². The number of aryl methyl sites for hydroxylation is 4. The standard InChI is InChI=1S/C17H19IO/c1-12-5-7-16(9-14(12)3)18(11-19)17-8-6-13(2)15(4)10-17/h5-11H,1-4H3. The van der Waals surface area contributed by atoms with Crippen molar-refractivity contribution in [3.8, 4) is 0 Å². The fourth-order valence-electron chi connectivity index (χ4n) is 1.89. The van der Waals surface area contributed by atoms with Crippen LogP contribution in [0.15, 0.2) is 36.4 Å². The van der Waals surface area contributed by atoms with Crippen molar-refractivity contribution in [1.82, 2.24) is 0 Å². The van der Waals surface area contributed by atoms with Crippen LogP contribution in [-0.2, 0) is 4.79 Å². The molecule has 2 aromatic rings. The minimum atomic E-state index is -1.90. The van der Waals surface area contributed by atoms with E-state index in [9.17, 15) is 4.79 Å². The Bertz CT molecular complexity index is 565. The molecule has 0 aliphatic rings. The van der Waals surface area contributed by atoms with E-state index in [4.69, 9.17) is 0 Å². The molecule has 0 heterocycles. The molecule has 2 heteroatoms. The van der Waals surface area contributed by atoms with Gasteiger partial charge in [-0.2, -0.15) is 0 Å². The van der Waals surface area contributed by atoms with Crippen molar-refractivity contribution in [2.24, 2.45) is 0 Å². The van der Waals surface area contributed by atoms with Crippen LogP contribution in [-0.4, -0.2) is 4.29 Å². The zero-order valence-corrected chi connectivity index (χ0v) is 14.0. The maximum atomic E-state index is 11.6. The van der Waals surface area contributed by atoms with Gasteiger partial charge in [0.2, 0.25) is 0 Å². The van der Waals surface area contributed by atoms with E-state index >= 15 is 0 Å². The first kappa shape index (κ1) is 14.3. The molecule has 0 aliphatic heterocycles. The van der Waals surface area contributed by atoms with E-state index in [2.05, 4.69) is 64.1 Å². The quantitative estimate of drug-likeness (QED) is 0.439. The van der Waals surface area contributed by atoms with Crippen LogP contribution in [0.1, 0.15) is 22.3 Å². The van der Waals surface area contributed by atoms with Crippen LogP contribution < -0.4 is 0 Å². The molecule has 0 radical (unpaired) electrons. The Balaban J connectivity index is 2.46. The average Bonchev–Trinajstić information content (AvgIpc) is 2.39. The first-order valence-corrected chi connectivity index (χ1v) is 9.71. The van der Waals surface area contributed by atoms with Crippen molar-refractivity contribution < 1.29 is 4.79 Å². The van der Waals surface area contributed by atoms with E-state index in [1.807, 2.05) is 0 Å². The molecule has 0 amide bonds. The van der Waals surface area contributed by atoms with E-state index < -0.39 is 19.8 Å². The van der Waals surface area contributed by atoms with Crippen LogP contribution in [0.5, 0.6) is 0 Å². The summed E-state index contributed by atoms with van der Waals surface area (Å²) in [6.45, 7) is 8.43. The van der Waals surface area contributed by atoms with Gasteiger partial charge in [-0.25, -0.2) is 0 Å². The van der Waals surface area contributed by atoms with Crippen molar-refractivity contribution in [3.05, 3.63) is 65.8 Å². The average molecular weight is 366 g/mol. The monoisotopic (exact) mass is 366 g/mol. The predicted molar refractivity (Wildman–Crippen MR) is 90.0 cm³/mol. The second-order valence-corrected chi connectivity index (χ2v) is 9.64. The molecule has 0 bridgehead atoms. The van der Waals surface area contributed by atoms with Gasteiger partial charge in [0.1, 0.15) is 0 Å². The fourth-order valence-corrected chi connectivity index (χ4v) is 5.94. The van der Waals surface area contributed by atoms with E-state index in [0.717, 1.165) is 0 Å². The number of halogens is 1. The third-order valence-electron chi connectivity index (χ3n) is 3.50. The summed E-state index contributed by atoms with van der Waals surface area (Å²) in [5, 5.41) is 0. The van der Waals surface area contributed by atoms with E-state index in [1.165, 1.54) is 33.7 Å². The van der Waals surface area contributed by atoms with Gasteiger partial charge in [0.15, 0.2) is 0 Å². The number of rotatable bonds is 3. The Morgan fingerprint density at radius 1 is 0.737 bits per heavy atom. The van der Waals surface area contributed by atoms with Crippen molar-refractivity contribution in [2.75, 3.05) is 0 Å².